The van der Waals surface area contributed by atoms with Gasteiger partial charge in [0.25, 0.3) is 0 Å². The molecule has 0 spiro atoms. The van der Waals surface area contributed by atoms with E-state index < -0.39 is 10.8 Å². The minimum Gasteiger partial charge on any atom is -0.254 e. The summed E-state index contributed by atoms with van der Waals surface area (Å²) < 4.78 is 11.9. The van der Waals surface area contributed by atoms with Crippen molar-refractivity contribution in [3.8, 4) is 6.07 Å². The fraction of sp³-hybridized carbons (Fsp3) is 0.417. The van der Waals surface area contributed by atoms with Gasteiger partial charge in [-0.1, -0.05) is 18.2 Å². The number of rotatable bonds is 5. The van der Waals surface area contributed by atoms with E-state index in [0.29, 0.717) is 12.2 Å². The van der Waals surface area contributed by atoms with Crippen LogP contribution in [-0.2, 0) is 10.8 Å². The highest BCUT2D eigenvalue weighted by molar-refractivity contribution is 7.85. The van der Waals surface area contributed by atoms with Gasteiger partial charge in [-0.15, -0.1) is 0 Å². The average Bonchev–Trinajstić information content (AvgIpc) is 2.25. The largest absolute Gasteiger partial charge is 0.254 e. The minimum atomic E-state index is -0.908. The quantitative estimate of drug-likeness (QED) is 0.717. The lowest BCUT2D eigenvalue weighted by Crippen LogP contribution is -2.00. The first-order chi connectivity index (χ1) is 7.25. The Morgan fingerprint density at radius 1 is 1.33 bits per heavy atom. The van der Waals surface area contributed by atoms with E-state index in [0.717, 1.165) is 23.3 Å². The predicted octanol–water partition coefficient (Wildman–Crippen LogP) is 2.80. The SMILES string of the molecule is Cc1ccccc1S(=O)CCCCC#N. The summed E-state index contributed by atoms with van der Waals surface area (Å²) >= 11 is 0. The van der Waals surface area contributed by atoms with Crippen LogP contribution in [0.1, 0.15) is 24.8 Å². The Bertz CT molecular complexity index is 381. The van der Waals surface area contributed by atoms with Crippen LogP contribution in [-0.4, -0.2) is 9.96 Å². The summed E-state index contributed by atoms with van der Waals surface area (Å²) in [4.78, 5) is 0.925. The van der Waals surface area contributed by atoms with E-state index >= 15 is 0 Å². The molecular weight excluding hydrogens is 206 g/mol. The molecule has 0 aliphatic carbocycles. The Morgan fingerprint density at radius 3 is 2.73 bits per heavy atom. The van der Waals surface area contributed by atoms with Crippen molar-refractivity contribution in [1.82, 2.24) is 0 Å². The van der Waals surface area contributed by atoms with Gasteiger partial charge in [0.05, 0.1) is 16.9 Å². The first-order valence-corrected chi connectivity index (χ1v) is 6.38. The fourth-order valence-corrected chi connectivity index (χ4v) is 2.70. The predicted molar refractivity (Wildman–Crippen MR) is 61.9 cm³/mol. The molecular formula is C12H15NOS. The first kappa shape index (κ1) is 11.9. The summed E-state index contributed by atoms with van der Waals surface area (Å²) in [6.07, 6.45) is 2.26. The number of unbranched alkanes of at least 4 members (excludes halogenated alkanes) is 2. The zero-order valence-electron chi connectivity index (χ0n) is 8.90. The zero-order chi connectivity index (χ0) is 11.1. The third-order valence-electron chi connectivity index (χ3n) is 2.21. The number of nitrogens with zero attached hydrogens (tertiary/aromatic N) is 1. The third-order valence-corrected chi connectivity index (χ3v) is 3.82. The van der Waals surface area contributed by atoms with E-state index in [1.54, 1.807) is 0 Å². The van der Waals surface area contributed by atoms with Crippen molar-refractivity contribution in [2.75, 3.05) is 5.75 Å². The second kappa shape index (κ2) is 6.36. The second-order valence-electron chi connectivity index (χ2n) is 3.43. The van der Waals surface area contributed by atoms with E-state index in [9.17, 15) is 4.21 Å². The van der Waals surface area contributed by atoms with Crippen LogP contribution in [0.25, 0.3) is 0 Å². The maximum Gasteiger partial charge on any atom is 0.0621 e. The van der Waals surface area contributed by atoms with Crippen LogP contribution in [0.2, 0.25) is 0 Å². The molecule has 0 aliphatic heterocycles. The second-order valence-corrected chi connectivity index (χ2v) is 4.97. The van der Waals surface area contributed by atoms with Crippen LogP contribution in [0.3, 0.4) is 0 Å². The Balaban J connectivity index is 2.48. The van der Waals surface area contributed by atoms with Crippen LogP contribution < -0.4 is 0 Å². The topological polar surface area (TPSA) is 40.9 Å². The fourth-order valence-electron chi connectivity index (χ4n) is 1.36. The molecule has 2 nitrogen and oxygen atoms in total. The molecule has 15 heavy (non-hydrogen) atoms. The molecule has 1 unspecified atom stereocenters. The highest BCUT2D eigenvalue weighted by Gasteiger charge is 2.05. The van der Waals surface area contributed by atoms with Gasteiger partial charge in [-0.2, -0.15) is 5.26 Å². The van der Waals surface area contributed by atoms with Crippen LogP contribution in [0.15, 0.2) is 29.2 Å². The number of hydrogen-bond acceptors (Lipinski definition) is 2. The van der Waals surface area contributed by atoms with E-state index in [4.69, 9.17) is 5.26 Å². The molecule has 0 amide bonds. The maximum absolute atomic E-state index is 11.9. The smallest absolute Gasteiger partial charge is 0.0621 e. The lowest BCUT2D eigenvalue weighted by atomic mass is 10.2. The zero-order valence-corrected chi connectivity index (χ0v) is 9.72. The molecule has 1 aromatic carbocycles. The van der Waals surface area contributed by atoms with Gasteiger partial charge in [0.1, 0.15) is 0 Å². The van der Waals surface area contributed by atoms with Crippen molar-refractivity contribution in [3.05, 3.63) is 29.8 Å². The normalized spacial score (nSPS) is 12.0. The molecule has 0 radical (unpaired) electrons. The summed E-state index contributed by atoms with van der Waals surface area (Å²) in [6.45, 7) is 1.97. The van der Waals surface area contributed by atoms with Gasteiger partial charge in [-0.3, -0.25) is 4.21 Å². The molecule has 3 heteroatoms. The van der Waals surface area contributed by atoms with Gasteiger partial charge in [0.15, 0.2) is 0 Å². The standard InChI is InChI=1S/C12H15NOS/c1-11-7-3-4-8-12(11)15(14)10-6-2-5-9-13/h3-4,7-8H,2,5-6,10H2,1H3. The molecule has 0 N–H and O–H groups in total. The summed E-state index contributed by atoms with van der Waals surface area (Å²) in [5, 5.41) is 8.37. The molecule has 0 bridgehead atoms. The summed E-state index contributed by atoms with van der Waals surface area (Å²) in [5.41, 5.74) is 1.08. The van der Waals surface area contributed by atoms with Gasteiger partial charge in [0, 0.05) is 17.1 Å². The Labute approximate surface area is 93.4 Å². The van der Waals surface area contributed by atoms with Crippen molar-refractivity contribution in [2.24, 2.45) is 0 Å². The number of hydrogen-bond donors (Lipinski definition) is 0. The molecule has 0 saturated heterocycles. The van der Waals surface area contributed by atoms with Crippen molar-refractivity contribution in [1.29, 1.82) is 5.26 Å². The Morgan fingerprint density at radius 2 is 2.07 bits per heavy atom. The molecule has 1 rings (SSSR count). The highest BCUT2D eigenvalue weighted by atomic mass is 32.2. The van der Waals surface area contributed by atoms with Gasteiger partial charge in [0.2, 0.25) is 0 Å². The maximum atomic E-state index is 11.9. The first-order valence-electron chi connectivity index (χ1n) is 5.06. The van der Waals surface area contributed by atoms with E-state index in [-0.39, 0.29) is 0 Å². The van der Waals surface area contributed by atoms with Gasteiger partial charge in [-0.25, -0.2) is 0 Å². The van der Waals surface area contributed by atoms with Gasteiger partial charge in [-0.05, 0) is 31.4 Å². The van der Waals surface area contributed by atoms with Crippen LogP contribution in [0, 0.1) is 18.3 Å². The summed E-state index contributed by atoms with van der Waals surface area (Å²) in [7, 11) is -0.908. The minimum absolute atomic E-state index is 0.560. The van der Waals surface area contributed by atoms with Crippen molar-refractivity contribution in [3.63, 3.8) is 0 Å². The lowest BCUT2D eigenvalue weighted by Gasteiger charge is -2.04. The van der Waals surface area contributed by atoms with Crippen LogP contribution >= 0.6 is 0 Å². The monoisotopic (exact) mass is 221 g/mol. The molecule has 0 aromatic heterocycles. The van der Waals surface area contributed by atoms with Crippen LogP contribution in [0.4, 0.5) is 0 Å². The third kappa shape index (κ3) is 3.85. The molecule has 0 fully saturated rings. The molecule has 1 atom stereocenters. The molecule has 1 aromatic rings. The van der Waals surface area contributed by atoms with Crippen molar-refractivity contribution in [2.45, 2.75) is 31.1 Å². The van der Waals surface area contributed by atoms with Crippen molar-refractivity contribution < 1.29 is 4.21 Å². The average molecular weight is 221 g/mol. The number of aryl methyl sites for hydroxylation is 1. The van der Waals surface area contributed by atoms with Crippen molar-refractivity contribution >= 4 is 10.8 Å². The highest BCUT2D eigenvalue weighted by Crippen LogP contribution is 2.13. The Kier molecular flexibility index (Phi) is 5.06. The van der Waals surface area contributed by atoms with E-state index in [1.807, 2.05) is 31.2 Å². The molecule has 80 valence electrons. The Hall–Kier alpha value is -1.14. The summed E-state index contributed by atoms with van der Waals surface area (Å²) in [5.74, 6) is 0.659. The van der Waals surface area contributed by atoms with Gasteiger partial charge >= 0.3 is 0 Å². The van der Waals surface area contributed by atoms with Crippen LogP contribution in [0.5, 0.6) is 0 Å². The number of benzene rings is 1. The molecule has 0 heterocycles. The lowest BCUT2D eigenvalue weighted by molar-refractivity contribution is 0.677. The van der Waals surface area contributed by atoms with E-state index in [1.165, 1.54) is 0 Å². The number of nitriles is 1. The van der Waals surface area contributed by atoms with Gasteiger partial charge < -0.3 is 0 Å². The summed E-state index contributed by atoms with van der Waals surface area (Å²) in [6, 6.07) is 9.84. The van der Waals surface area contributed by atoms with E-state index in [2.05, 4.69) is 6.07 Å². The molecule has 0 saturated carbocycles. The molecule has 0 aliphatic rings.